The number of hydrogen-bond acceptors (Lipinski definition) is 3. The van der Waals surface area contributed by atoms with Crippen LogP contribution in [-0.4, -0.2) is 24.4 Å². The first-order valence-electron chi connectivity index (χ1n) is 5.50. The second-order valence-corrected chi connectivity index (χ2v) is 4.32. The molecule has 0 fully saturated rings. The highest BCUT2D eigenvalue weighted by atomic mass is 35.5. The van der Waals surface area contributed by atoms with Crippen LogP contribution >= 0.6 is 11.6 Å². The summed E-state index contributed by atoms with van der Waals surface area (Å²) in [6, 6.07) is 0. The number of imidazole rings is 1. The molecule has 1 atom stereocenters. The van der Waals surface area contributed by atoms with Crippen LogP contribution < -0.4 is 0 Å². The quantitative estimate of drug-likeness (QED) is 0.905. The molecule has 0 aromatic carbocycles. The van der Waals surface area contributed by atoms with Crippen molar-refractivity contribution in [3.05, 3.63) is 35.1 Å². The molecule has 6 heteroatoms. The van der Waals surface area contributed by atoms with E-state index in [4.69, 9.17) is 11.6 Å². The lowest BCUT2D eigenvalue weighted by Gasteiger charge is -2.14. The number of aryl methyl sites for hydroxylation is 2. The van der Waals surface area contributed by atoms with Crippen LogP contribution in [0.2, 0.25) is 5.02 Å². The Morgan fingerprint density at radius 3 is 2.82 bits per heavy atom. The van der Waals surface area contributed by atoms with Gasteiger partial charge in [-0.05, 0) is 6.42 Å². The highest BCUT2D eigenvalue weighted by Crippen LogP contribution is 2.27. The molecule has 5 nitrogen and oxygen atoms in total. The first kappa shape index (κ1) is 12.1. The third-order valence-electron chi connectivity index (χ3n) is 2.69. The fourth-order valence-electron chi connectivity index (χ4n) is 1.85. The Hall–Kier alpha value is -1.33. The Labute approximate surface area is 105 Å². The summed E-state index contributed by atoms with van der Waals surface area (Å²) < 4.78 is 3.50. The highest BCUT2D eigenvalue weighted by molar-refractivity contribution is 6.31. The van der Waals surface area contributed by atoms with Crippen LogP contribution in [0.5, 0.6) is 0 Å². The lowest BCUT2D eigenvalue weighted by atomic mass is 10.2. The summed E-state index contributed by atoms with van der Waals surface area (Å²) in [5.41, 5.74) is 1.32. The second-order valence-electron chi connectivity index (χ2n) is 3.92. The van der Waals surface area contributed by atoms with Gasteiger partial charge in [-0.1, -0.05) is 18.5 Å². The van der Waals surface area contributed by atoms with E-state index in [2.05, 4.69) is 17.0 Å². The molecule has 0 saturated heterocycles. The fraction of sp³-hybridized carbons (Fsp3) is 0.455. The minimum absolute atomic E-state index is 0.462. The summed E-state index contributed by atoms with van der Waals surface area (Å²) in [7, 11) is 1.75. The van der Waals surface area contributed by atoms with Crippen molar-refractivity contribution in [2.75, 3.05) is 0 Å². The molecule has 0 aliphatic carbocycles. The van der Waals surface area contributed by atoms with Gasteiger partial charge in [0.15, 0.2) is 0 Å². The van der Waals surface area contributed by atoms with Crippen molar-refractivity contribution >= 4 is 11.6 Å². The summed E-state index contributed by atoms with van der Waals surface area (Å²) in [6.45, 7) is 2.90. The van der Waals surface area contributed by atoms with E-state index < -0.39 is 6.10 Å². The molecular formula is C11H15ClN4O. The van der Waals surface area contributed by atoms with E-state index in [-0.39, 0.29) is 0 Å². The maximum Gasteiger partial charge on any atom is 0.139 e. The predicted octanol–water partition coefficient (Wildman–Crippen LogP) is 1.76. The van der Waals surface area contributed by atoms with E-state index in [0.29, 0.717) is 10.7 Å². The number of aliphatic hydroxyl groups is 1. The molecule has 17 heavy (non-hydrogen) atoms. The number of hydrogen-bond donors (Lipinski definition) is 1. The van der Waals surface area contributed by atoms with E-state index in [9.17, 15) is 5.11 Å². The zero-order valence-corrected chi connectivity index (χ0v) is 10.6. The Kier molecular flexibility index (Phi) is 3.49. The lowest BCUT2D eigenvalue weighted by molar-refractivity contribution is 0.199. The van der Waals surface area contributed by atoms with Crippen LogP contribution in [-0.2, 0) is 13.6 Å². The van der Waals surface area contributed by atoms with Crippen LogP contribution in [0.25, 0.3) is 0 Å². The molecular weight excluding hydrogens is 240 g/mol. The predicted molar refractivity (Wildman–Crippen MR) is 64.8 cm³/mol. The highest BCUT2D eigenvalue weighted by Gasteiger charge is 2.21. The molecule has 0 saturated carbocycles. The maximum atomic E-state index is 10.3. The van der Waals surface area contributed by atoms with Gasteiger partial charge < -0.3 is 9.67 Å². The smallest absolute Gasteiger partial charge is 0.139 e. The van der Waals surface area contributed by atoms with Gasteiger partial charge in [0.2, 0.25) is 0 Å². The maximum absolute atomic E-state index is 10.3. The number of nitrogens with zero attached hydrogens (tertiary/aromatic N) is 4. The second kappa shape index (κ2) is 4.89. The van der Waals surface area contributed by atoms with Gasteiger partial charge in [-0.25, -0.2) is 4.98 Å². The van der Waals surface area contributed by atoms with Crippen LogP contribution in [0, 0.1) is 0 Å². The minimum atomic E-state index is -0.802. The fourth-order valence-corrected chi connectivity index (χ4v) is 2.12. The zero-order valence-electron chi connectivity index (χ0n) is 9.84. The van der Waals surface area contributed by atoms with Crippen LogP contribution in [0.4, 0.5) is 0 Å². The van der Waals surface area contributed by atoms with Gasteiger partial charge in [0.05, 0.1) is 35.1 Å². The minimum Gasteiger partial charge on any atom is -0.380 e. The SMILES string of the molecule is CCCn1cncc1C(O)c1c(Cl)cnn1C. The normalized spacial score (nSPS) is 12.9. The molecule has 2 heterocycles. The topological polar surface area (TPSA) is 55.9 Å². The van der Waals surface area contributed by atoms with E-state index in [1.165, 1.54) is 6.20 Å². The molecule has 0 amide bonds. The summed E-state index contributed by atoms with van der Waals surface area (Å²) in [6.07, 6.45) is 5.08. The molecule has 2 aromatic heterocycles. The van der Waals surface area contributed by atoms with Crippen molar-refractivity contribution < 1.29 is 5.11 Å². The van der Waals surface area contributed by atoms with Gasteiger partial charge in [-0.15, -0.1) is 0 Å². The van der Waals surface area contributed by atoms with Crippen LogP contribution in [0.3, 0.4) is 0 Å². The monoisotopic (exact) mass is 254 g/mol. The summed E-state index contributed by atoms with van der Waals surface area (Å²) in [5, 5.41) is 14.8. The Bertz CT molecular complexity index is 486. The first-order valence-corrected chi connectivity index (χ1v) is 5.88. The van der Waals surface area contributed by atoms with Gasteiger partial charge in [0, 0.05) is 13.6 Å². The summed E-state index contributed by atoms with van der Waals surface area (Å²) in [4.78, 5) is 4.06. The van der Waals surface area contributed by atoms with Crippen molar-refractivity contribution in [3.63, 3.8) is 0 Å². The number of halogens is 1. The van der Waals surface area contributed by atoms with Crippen molar-refractivity contribution in [3.8, 4) is 0 Å². The molecule has 1 N–H and O–H groups in total. The van der Waals surface area contributed by atoms with Crippen LogP contribution in [0.1, 0.15) is 30.8 Å². The Morgan fingerprint density at radius 2 is 2.24 bits per heavy atom. The van der Waals surface area contributed by atoms with E-state index in [1.807, 2.05) is 4.57 Å². The molecule has 2 rings (SSSR count). The van der Waals surface area contributed by atoms with Gasteiger partial charge >= 0.3 is 0 Å². The molecule has 2 aromatic rings. The molecule has 0 aliphatic rings. The average molecular weight is 255 g/mol. The van der Waals surface area contributed by atoms with Gasteiger partial charge in [0.1, 0.15) is 6.10 Å². The Balaban J connectivity index is 2.37. The van der Waals surface area contributed by atoms with Gasteiger partial charge in [-0.2, -0.15) is 5.10 Å². The van der Waals surface area contributed by atoms with Crippen LogP contribution in [0.15, 0.2) is 18.7 Å². The van der Waals surface area contributed by atoms with Gasteiger partial charge in [-0.3, -0.25) is 4.68 Å². The molecule has 1 unspecified atom stereocenters. The average Bonchev–Trinajstić information content (AvgIpc) is 2.86. The standard InChI is InChI=1S/C11H15ClN4O/c1-3-4-16-7-13-6-9(16)11(17)10-8(12)5-14-15(10)2/h5-7,11,17H,3-4H2,1-2H3. The van der Waals surface area contributed by atoms with Gasteiger partial charge in [0.25, 0.3) is 0 Å². The number of aliphatic hydroxyl groups excluding tert-OH is 1. The van der Waals surface area contributed by atoms with E-state index >= 15 is 0 Å². The third-order valence-corrected chi connectivity index (χ3v) is 2.98. The first-order chi connectivity index (χ1) is 8.15. The largest absolute Gasteiger partial charge is 0.380 e. The molecule has 92 valence electrons. The molecule has 0 aliphatic heterocycles. The number of aromatic nitrogens is 4. The van der Waals surface area contributed by atoms with Crippen molar-refractivity contribution in [1.29, 1.82) is 0 Å². The van der Waals surface area contributed by atoms with Crippen molar-refractivity contribution in [2.24, 2.45) is 7.05 Å². The van der Waals surface area contributed by atoms with E-state index in [1.54, 1.807) is 24.3 Å². The zero-order chi connectivity index (χ0) is 12.4. The Morgan fingerprint density at radius 1 is 1.47 bits per heavy atom. The summed E-state index contributed by atoms with van der Waals surface area (Å²) in [5.74, 6) is 0. The van der Waals surface area contributed by atoms with E-state index in [0.717, 1.165) is 18.7 Å². The third kappa shape index (κ3) is 2.21. The molecule has 0 radical (unpaired) electrons. The molecule has 0 bridgehead atoms. The number of rotatable bonds is 4. The van der Waals surface area contributed by atoms with Crippen molar-refractivity contribution in [1.82, 2.24) is 19.3 Å². The summed E-state index contributed by atoms with van der Waals surface area (Å²) >= 11 is 6.01. The lowest BCUT2D eigenvalue weighted by Crippen LogP contribution is -2.12. The van der Waals surface area contributed by atoms with Crippen molar-refractivity contribution in [2.45, 2.75) is 26.0 Å². The molecule has 0 spiro atoms.